The number of hydrogen-bond acceptors (Lipinski definition) is 4. The van der Waals surface area contributed by atoms with Gasteiger partial charge in [-0.15, -0.1) is 0 Å². The highest BCUT2D eigenvalue weighted by atomic mass is 16.5. The third-order valence-corrected chi connectivity index (χ3v) is 2.74. The van der Waals surface area contributed by atoms with E-state index >= 15 is 0 Å². The molecule has 2 N–H and O–H groups in total. The van der Waals surface area contributed by atoms with Gasteiger partial charge in [-0.05, 0) is 37.1 Å². The van der Waals surface area contributed by atoms with E-state index in [-0.39, 0.29) is 6.42 Å². The van der Waals surface area contributed by atoms with E-state index in [2.05, 4.69) is 10.1 Å². The van der Waals surface area contributed by atoms with E-state index in [1.165, 1.54) is 7.11 Å². The second kappa shape index (κ2) is 6.05. The van der Waals surface area contributed by atoms with Crippen molar-refractivity contribution in [3.63, 3.8) is 0 Å². The molecule has 0 aliphatic heterocycles. The van der Waals surface area contributed by atoms with Gasteiger partial charge < -0.3 is 15.2 Å². The van der Waals surface area contributed by atoms with Crippen molar-refractivity contribution in [1.82, 2.24) is 0 Å². The lowest BCUT2D eigenvalue weighted by atomic mass is 10.0. The summed E-state index contributed by atoms with van der Waals surface area (Å²) in [5.74, 6) is -1.26. The first-order valence-electron chi connectivity index (χ1n) is 5.61. The third-order valence-electron chi connectivity index (χ3n) is 2.74. The Morgan fingerprint density at radius 2 is 2.00 bits per heavy atom. The summed E-state index contributed by atoms with van der Waals surface area (Å²) in [6, 6.07) is 3.43. The SMILES string of the molecule is COC(=O)c1cc(C)c(C)c(NCCC(=O)O)c1. The summed E-state index contributed by atoms with van der Waals surface area (Å²) in [6.07, 6.45) is 0.0287. The van der Waals surface area contributed by atoms with E-state index in [1.54, 1.807) is 12.1 Å². The Morgan fingerprint density at radius 1 is 1.33 bits per heavy atom. The fraction of sp³-hybridized carbons (Fsp3) is 0.385. The molecule has 0 spiro atoms. The van der Waals surface area contributed by atoms with Crippen molar-refractivity contribution in [2.24, 2.45) is 0 Å². The van der Waals surface area contributed by atoms with E-state index in [9.17, 15) is 9.59 Å². The fourth-order valence-corrected chi connectivity index (χ4v) is 1.58. The Hall–Kier alpha value is -2.04. The number of nitrogens with one attached hydrogen (secondary N) is 1. The predicted molar refractivity (Wildman–Crippen MR) is 68.0 cm³/mol. The van der Waals surface area contributed by atoms with Gasteiger partial charge in [-0.3, -0.25) is 4.79 Å². The number of benzene rings is 1. The molecule has 0 aliphatic carbocycles. The Balaban J connectivity index is 2.92. The summed E-state index contributed by atoms with van der Waals surface area (Å²) in [7, 11) is 1.33. The zero-order chi connectivity index (χ0) is 13.7. The van der Waals surface area contributed by atoms with Gasteiger partial charge in [-0.25, -0.2) is 4.79 Å². The first-order chi connectivity index (χ1) is 8.45. The molecule has 1 rings (SSSR count). The van der Waals surface area contributed by atoms with E-state index in [0.29, 0.717) is 12.1 Å². The first-order valence-corrected chi connectivity index (χ1v) is 5.61. The Morgan fingerprint density at radius 3 is 2.56 bits per heavy atom. The number of aryl methyl sites for hydroxylation is 1. The van der Waals surface area contributed by atoms with Crippen LogP contribution in [0.25, 0.3) is 0 Å². The van der Waals surface area contributed by atoms with E-state index in [4.69, 9.17) is 5.11 Å². The topological polar surface area (TPSA) is 75.6 Å². The molecule has 1 aromatic rings. The maximum absolute atomic E-state index is 11.5. The summed E-state index contributed by atoms with van der Waals surface area (Å²) in [5, 5.41) is 11.6. The van der Waals surface area contributed by atoms with Gasteiger partial charge in [0.1, 0.15) is 0 Å². The monoisotopic (exact) mass is 251 g/mol. The molecule has 0 aliphatic rings. The van der Waals surface area contributed by atoms with Gasteiger partial charge in [0.25, 0.3) is 0 Å². The number of aliphatic carboxylic acids is 1. The number of methoxy groups -OCH3 is 1. The summed E-state index contributed by atoms with van der Waals surface area (Å²) >= 11 is 0. The molecule has 0 unspecified atom stereocenters. The number of hydrogen-bond donors (Lipinski definition) is 2. The molecule has 0 saturated heterocycles. The molecule has 0 fully saturated rings. The number of carboxylic acids is 1. The third kappa shape index (κ3) is 3.48. The summed E-state index contributed by atoms with van der Waals surface area (Å²) < 4.78 is 4.67. The number of anilines is 1. The predicted octanol–water partition coefficient (Wildman–Crippen LogP) is 1.98. The molecule has 5 heteroatoms. The van der Waals surface area contributed by atoms with Crippen molar-refractivity contribution in [3.8, 4) is 0 Å². The molecule has 0 radical (unpaired) electrons. The van der Waals surface area contributed by atoms with Crippen LogP contribution in [-0.4, -0.2) is 30.7 Å². The number of rotatable bonds is 5. The van der Waals surface area contributed by atoms with Gasteiger partial charge in [0.15, 0.2) is 0 Å². The van der Waals surface area contributed by atoms with Crippen LogP contribution in [0.5, 0.6) is 0 Å². The average molecular weight is 251 g/mol. The minimum Gasteiger partial charge on any atom is -0.481 e. The second-order valence-electron chi connectivity index (χ2n) is 4.03. The number of ether oxygens (including phenoxy) is 1. The van der Waals surface area contributed by atoms with Gasteiger partial charge in [-0.2, -0.15) is 0 Å². The normalized spacial score (nSPS) is 9.94. The maximum Gasteiger partial charge on any atom is 0.337 e. The quantitative estimate of drug-likeness (QED) is 0.782. The van der Waals surface area contributed by atoms with Crippen LogP contribution in [0.2, 0.25) is 0 Å². The number of carbonyl (C=O) groups excluding carboxylic acids is 1. The second-order valence-corrected chi connectivity index (χ2v) is 4.03. The van der Waals surface area contributed by atoms with Crippen molar-refractivity contribution in [2.75, 3.05) is 19.0 Å². The molecule has 0 bridgehead atoms. The standard InChI is InChI=1S/C13H17NO4/c1-8-6-10(13(17)18-3)7-11(9(8)2)14-5-4-12(15)16/h6-7,14H,4-5H2,1-3H3,(H,15,16). The molecule has 0 amide bonds. The van der Waals surface area contributed by atoms with E-state index < -0.39 is 11.9 Å². The van der Waals surface area contributed by atoms with Crippen molar-refractivity contribution >= 4 is 17.6 Å². The lowest BCUT2D eigenvalue weighted by Gasteiger charge is -2.12. The molecule has 0 saturated carbocycles. The highest BCUT2D eigenvalue weighted by molar-refractivity contribution is 5.91. The molecular formula is C13H17NO4. The van der Waals surface area contributed by atoms with Crippen molar-refractivity contribution in [3.05, 3.63) is 28.8 Å². The molecule has 0 aromatic heterocycles. The van der Waals surface area contributed by atoms with Crippen molar-refractivity contribution in [2.45, 2.75) is 20.3 Å². The molecule has 1 aromatic carbocycles. The Labute approximate surface area is 106 Å². The minimum absolute atomic E-state index is 0.0287. The van der Waals surface area contributed by atoms with Gasteiger partial charge in [-0.1, -0.05) is 0 Å². The van der Waals surface area contributed by atoms with Crippen molar-refractivity contribution < 1.29 is 19.4 Å². The van der Waals surface area contributed by atoms with E-state index in [0.717, 1.165) is 16.8 Å². The average Bonchev–Trinajstić information content (AvgIpc) is 2.32. The molecule has 0 heterocycles. The van der Waals surface area contributed by atoms with Crippen LogP contribution in [0.4, 0.5) is 5.69 Å². The van der Waals surface area contributed by atoms with Crippen LogP contribution in [0.15, 0.2) is 12.1 Å². The largest absolute Gasteiger partial charge is 0.481 e. The van der Waals surface area contributed by atoms with Crippen molar-refractivity contribution in [1.29, 1.82) is 0 Å². The highest BCUT2D eigenvalue weighted by Gasteiger charge is 2.10. The van der Waals surface area contributed by atoms with E-state index in [1.807, 2.05) is 13.8 Å². The number of esters is 1. The zero-order valence-corrected chi connectivity index (χ0v) is 10.7. The summed E-state index contributed by atoms with van der Waals surface area (Å²) in [6.45, 7) is 4.13. The van der Waals surface area contributed by atoms with Gasteiger partial charge in [0.2, 0.25) is 0 Å². The van der Waals surface area contributed by atoms with Gasteiger partial charge in [0, 0.05) is 12.2 Å². The molecular weight excluding hydrogens is 234 g/mol. The molecule has 18 heavy (non-hydrogen) atoms. The number of carboxylic acid groups (broad SMARTS) is 1. The number of carbonyl (C=O) groups is 2. The summed E-state index contributed by atoms with van der Waals surface area (Å²) in [5.41, 5.74) is 3.17. The minimum atomic E-state index is -0.860. The smallest absolute Gasteiger partial charge is 0.337 e. The maximum atomic E-state index is 11.5. The van der Waals surface area contributed by atoms with Crippen LogP contribution in [0.3, 0.4) is 0 Å². The lowest BCUT2D eigenvalue weighted by Crippen LogP contribution is -2.10. The lowest BCUT2D eigenvalue weighted by molar-refractivity contribution is -0.136. The fourth-order valence-electron chi connectivity index (χ4n) is 1.58. The first kappa shape index (κ1) is 14.0. The Bertz CT molecular complexity index is 468. The molecule has 98 valence electrons. The van der Waals surface area contributed by atoms with Crippen LogP contribution in [0.1, 0.15) is 27.9 Å². The van der Waals surface area contributed by atoms with Crippen LogP contribution in [-0.2, 0) is 9.53 Å². The zero-order valence-electron chi connectivity index (χ0n) is 10.7. The van der Waals surface area contributed by atoms with Crippen LogP contribution >= 0.6 is 0 Å². The van der Waals surface area contributed by atoms with Gasteiger partial charge >= 0.3 is 11.9 Å². The Kier molecular flexibility index (Phi) is 4.71. The molecule has 0 atom stereocenters. The molecule has 5 nitrogen and oxygen atoms in total. The summed E-state index contributed by atoms with van der Waals surface area (Å²) in [4.78, 5) is 21.9. The van der Waals surface area contributed by atoms with Crippen LogP contribution in [0, 0.1) is 13.8 Å². The van der Waals surface area contributed by atoms with Gasteiger partial charge in [0.05, 0.1) is 19.1 Å². The highest BCUT2D eigenvalue weighted by Crippen LogP contribution is 2.21. The van der Waals surface area contributed by atoms with Crippen LogP contribution < -0.4 is 5.32 Å².